The van der Waals surface area contributed by atoms with Gasteiger partial charge in [0.25, 0.3) is 6.71 Å². The molecular formula is C52H40BN3OS. The molecule has 0 atom stereocenters. The van der Waals surface area contributed by atoms with Crippen molar-refractivity contribution >= 4 is 122 Å². The van der Waals surface area contributed by atoms with Gasteiger partial charge in [-0.15, -0.1) is 11.3 Å². The van der Waals surface area contributed by atoms with E-state index in [4.69, 9.17) is 4.42 Å². The molecule has 0 unspecified atom stereocenters. The lowest BCUT2D eigenvalue weighted by atomic mass is 9.36. The van der Waals surface area contributed by atoms with E-state index in [2.05, 4.69) is 189 Å². The summed E-state index contributed by atoms with van der Waals surface area (Å²) in [6.07, 6.45) is 0. The zero-order valence-electron chi connectivity index (χ0n) is 33.4. The van der Waals surface area contributed by atoms with Crippen LogP contribution < -0.4 is 25.5 Å². The zero-order chi connectivity index (χ0) is 39.0. The fraction of sp³-hybridized carbons (Fsp3) is 0.154. The van der Waals surface area contributed by atoms with Crippen molar-refractivity contribution in [1.82, 2.24) is 4.57 Å². The number of para-hydroxylation sites is 4. The van der Waals surface area contributed by atoms with Crippen LogP contribution in [0.3, 0.4) is 0 Å². The first-order valence-corrected chi connectivity index (χ1v) is 21.3. The van der Waals surface area contributed by atoms with Crippen molar-refractivity contribution in [2.75, 3.05) is 9.80 Å². The molecule has 278 valence electrons. The second-order valence-corrected chi connectivity index (χ2v) is 19.7. The first-order valence-electron chi connectivity index (χ1n) is 20.5. The minimum Gasteiger partial charge on any atom is -0.456 e. The van der Waals surface area contributed by atoms with Gasteiger partial charge in [-0.2, -0.15) is 0 Å². The van der Waals surface area contributed by atoms with Gasteiger partial charge in [-0.25, -0.2) is 0 Å². The van der Waals surface area contributed by atoms with Gasteiger partial charge in [0.2, 0.25) is 0 Å². The van der Waals surface area contributed by atoms with Crippen LogP contribution in [-0.4, -0.2) is 11.3 Å². The molecule has 4 nitrogen and oxygen atoms in total. The van der Waals surface area contributed by atoms with Crippen LogP contribution in [0.15, 0.2) is 138 Å². The molecule has 7 aromatic carbocycles. The van der Waals surface area contributed by atoms with Gasteiger partial charge in [-0.3, -0.25) is 0 Å². The summed E-state index contributed by atoms with van der Waals surface area (Å²) in [4.78, 5) is 5.24. The van der Waals surface area contributed by atoms with E-state index in [-0.39, 0.29) is 17.5 Å². The molecule has 58 heavy (non-hydrogen) atoms. The number of nitrogens with zero attached hydrogens (tertiary/aromatic N) is 3. The van der Waals surface area contributed by atoms with Crippen LogP contribution in [0, 0.1) is 0 Å². The molecule has 0 spiro atoms. The number of anilines is 6. The van der Waals surface area contributed by atoms with Gasteiger partial charge in [0.05, 0.1) is 33.8 Å². The molecule has 0 saturated heterocycles. The highest BCUT2D eigenvalue weighted by atomic mass is 32.1. The maximum atomic E-state index is 6.41. The van der Waals surface area contributed by atoms with E-state index < -0.39 is 0 Å². The van der Waals surface area contributed by atoms with Crippen molar-refractivity contribution in [3.05, 3.63) is 145 Å². The molecule has 0 aliphatic carbocycles. The molecule has 0 fully saturated rings. The molecule has 0 radical (unpaired) electrons. The Morgan fingerprint density at radius 2 is 1.22 bits per heavy atom. The molecule has 0 bridgehead atoms. The molecule has 3 aliphatic rings. The second-order valence-electron chi connectivity index (χ2n) is 18.6. The average molecular weight is 766 g/mol. The van der Waals surface area contributed by atoms with E-state index in [0.717, 1.165) is 27.6 Å². The van der Waals surface area contributed by atoms with Crippen LogP contribution in [0.4, 0.5) is 34.1 Å². The van der Waals surface area contributed by atoms with Crippen LogP contribution >= 0.6 is 11.3 Å². The number of hydrogen-bond acceptors (Lipinski definition) is 4. The number of furan rings is 1. The Labute approximate surface area is 341 Å². The third-order valence-electron chi connectivity index (χ3n) is 13.2. The highest BCUT2D eigenvalue weighted by Crippen LogP contribution is 2.54. The van der Waals surface area contributed by atoms with Crippen LogP contribution in [-0.2, 0) is 10.8 Å². The van der Waals surface area contributed by atoms with E-state index in [1.54, 1.807) is 0 Å². The average Bonchev–Trinajstić information content (AvgIpc) is 3.89. The van der Waals surface area contributed by atoms with Crippen LogP contribution in [0.25, 0.3) is 59.5 Å². The molecular weight excluding hydrogens is 725 g/mol. The van der Waals surface area contributed by atoms with Gasteiger partial charge in [0.1, 0.15) is 11.2 Å². The molecule has 0 saturated carbocycles. The lowest BCUT2D eigenvalue weighted by molar-refractivity contribution is 0.590. The Morgan fingerprint density at radius 3 is 2.05 bits per heavy atom. The maximum Gasteiger partial charge on any atom is 0.264 e. The smallest absolute Gasteiger partial charge is 0.264 e. The van der Waals surface area contributed by atoms with E-state index in [9.17, 15) is 0 Å². The molecule has 3 aliphatic heterocycles. The van der Waals surface area contributed by atoms with Gasteiger partial charge in [0.15, 0.2) is 0 Å². The fourth-order valence-electron chi connectivity index (χ4n) is 10.4. The van der Waals surface area contributed by atoms with Crippen molar-refractivity contribution < 1.29 is 4.42 Å². The number of aromatic nitrogens is 1. The summed E-state index contributed by atoms with van der Waals surface area (Å²) in [5.41, 5.74) is 18.4. The number of rotatable bonds is 1. The van der Waals surface area contributed by atoms with Crippen LogP contribution in [0.5, 0.6) is 0 Å². The minimum absolute atomic E-state index is 0.00368. The van der Waals surface area contributed by atoms with Gasteiger partial charge >= 0.3 is 0 Å². The molecule has 0 amide bonds. The van der Waals surface area contributed by atoms with Crippen molar-refractivity contribution in [3.63, 3.8) is 0 Å². The van der Waals surface area contributed by atoms with E-state index in [1.807, 2.05) is 11.3 Å². The molecule has 6 heterocycles. The highest BCUT2D eigenvalue weighted by Gasteiger charge is 2.48. The van der Waals surface area contributed by atoms with Gasteiger partial charge in [0, 0.05) is 53.5 Å². The summed E-state index contributed by atoms with van der Waals surface area (Å²) < 4.78 is 11.7. The predicted octanol–water partition coefficient (Wildman–Crippen LogP) is 12.9. The summed E-state index contributed by atoms with van der Waals surface area (Å²) in [6, 6.07) is 50.4. The van der Waals surface area contributed by atoms with Crippen molar-refractivity contribution in [2.24, 2.45) is 0 Å². The van der Waals surface area contributed by atoms with E-state index in [0.29, 0.717) is 0 Å². The quantitative estimate of drug-likeness (QED) is 0.156. The third kappa shape index (κ3) is 4.11. The largest absolute Gasteiger partial charge is 0.456 e. The van der Waals surface area contributed by atoms with Gasteiger partial charge in [-0.05, 0) is 99.6 Å². The normalized spacial score (nSPS) is 14.3. The Morgan fingerprint density at radius 1 is 0.517 bits per heavy atom. The lowest BCUT2D eigenvalue weighted by Crippen LogP contribution is -2.61. The SMILES string of the molecule is CC(C)(C)c1cc2c3c(c1)N1c4c(cccc4-n4c5ccccc5c5cccc1c54)B3c1sc3ccc(C(C)(C)C)cc3c1N2c1ccc2oc3ccccc3c2c1. The highest BCUT2D eigenvalue weighted by molar-refractivity contribution is 7.33. The lowest BCUT2D eigenvalue weighted by Gasteiger charge is -2.46. The molecule has 10 aromatic rings. The van der Waals surface area contributed by atoms with Crippen LogP contribution in [0.2, 0.25) is 0 Å². The minimum atomic E-state index is -0.107. The Kier molecular flexibility index (Phi) is 6.12. The summed E-state index contributed by atoms with van der Waals surface area (Å²) in [5, 5.41) is 6.17. The summed E-state index contributed by atoms with van der Waals surface area (Å²) >= 11 is 1.97. The topological polar surface area (TPSA) is 24.6 Å². The van der Waals surface area contributed by atoms with E-state index in [1.165, 1.54) is 92.8 Å². The predicted molar refractivity (Wildman–Crippen MR) is 248 cm³/mol. The summed E-state index contributed by atoms with van der Waals surface area (Å²) in [7, 11) is 0. The first-order chi connectivity index (χ1) is 28.0. The third-order valence-corrected chi connectivity index (χ3v) is 14.4. The monoisotopic (exact) mass is 765 g/mol. The van der Waals surface area contributed by atoms with Crippen LogP contribution in [0.1, 0.15) is 52.7 Å². The second kappa shape index (κ2) is 10.8. The molecule has 13 rings (SSSR count). The zero-order valence-corrected chi connectivity index (χ0v) is 34.3. The Bertz CT molecular complexity index is 3460. The van der Waals surface area contributed by atoms with E-state index >= 15 is 0 Å². The first kappa shape index (κ1) is 32.8. The Balaban J connectivity index is 1.20. The number of thiophene rings is 1. The molecule has 0 N–H and O–H groups in total. The summed E-state index contributed by atoms with van der Waals surface area (Å²) in [5.74, 6) is 0. The number of fused-ring (bicyclic) bond motifs is 14. The van der Waals surface area contributed by atoms with Crippen molar-refractivity contribution in [3.8, 4) is 5.69 Å². The maximum absolute atomic E-state index is 6.41. The van der Waals surface area contributed by atoms with Gasteiger partial charge in [-0.1, -0.05) is 108 Å². The Hall–Kier alpha value is -6.24. The summed E-state index contributed by atoms with van der Waals surface area (Å²) in [6.45, 7) is 14.1. The van der Waals surface area contributed by atoms with Gasteiger partial charge < -0.3 is 18.8 Å². The van der Waals surface area contributed by atoms with Crippen molar-refractivity contribution in [1.29, 1.82) is 0 Å². The van der Waals surface area contributed by atoms with Crippen molar-refractivity contribution in [2.45, 2.75) is 52.4 Å². The number of hydrogen-bond donors (Lipinski definition) is 0. The fourth-order valence-corrected chi connectivity index (χ4v) is 11.7. The standard InChI is InChI=1S/C52H40BN3OS/c1-51(2,3)29-21-24-45-36(25-29)48-50(58-45)53-37-16-12-19-40-49(37)56(39-18-11-15-34-32-13-7-9-17-38(32)55(40)47(34)39)42-27-30(52(4,5)6)26-41(46(42)53)54(48)31-22-23-44-35(28-31)33-14-8-10-20-43(33)57-44/h7-28H,1-6H3. The molecule has 3 aromatic heterocycles. The molecule has 6 heteroatoms. The number of benzene rings is 7.